The number of rotatable bonds is 2. The summed E-state index contributed by atoms with van der Waals surface area (Å²) in [6.07, 6.45) is 3.21. The fraction of sp³-hybridized carbons (Fsp3) is 0.462. The molecule has 1 aliphatic rings. The highest BCUT2D eigenvalue weighted by Gasteiger charge is 2.28. The molecule has 0 spiro atoms. The first-order valence-corrected chi connectivity index (χ1v) is 7.67. The van der Waals surface area contributed by atoms with Gasteiger partial charge in [0.05, 0.1) is 11.2 Å². The fourth-order valence-corrected chi connectivity index (χ4v) is 4.18. The minimum absolute atomic E-state index is 0.280. The molecule has 0 fully saturated rings. The fourth-order valence-electron chi connectivity index (χ4n) is 2.10. The molecule has 0 radical (unpaired) electrons. The van der Waals surface area contributed by atoms with Gasteiger partial charge in [-0.05, 0) is 37.6 Å². The first-order chi connectivity index (χ1) is 8.12. The van der Waals surface area contributed by atoms with Crippen LogP contribution in [-0.4, -0.2) is 4.98 Å². The van der Waals surface area contributed by atoms with Crippen LogP contribution < -0.4 is 5.73 Å². The second kappa shape index (κ2) is 3.90. The Morgan fingerprint density at radius 3 is 2.94 bits per heavy atom. The SMILES string of the molecule is CCC(C)(N)c1nc2c(s1)CCc1sccc1-2. The van der Waals surface area contributed by atoms with Gasteiger partial charge in [-0.25, -0.2) is 4.98 Å². The molecular formula is C13H16N2S2. The minimum atomic E-state index is -0.280. The van der Waals surface area contributed by atoms with E-state index in [4.69, 9.17) is 10.7 Å². The third kappa shape index (κ3) is 1.75. The maximum Gasteiger partial charge on any atom is 0.113 e. The van der Waals surface area contributed by atoms with Gasteiger partial charge >= 0.3 is 0 Å². The summed E-state index contributed by atoms with van der Waals surface area (Å²) < 4.78 is 0. The van der Waals surface area contributed by atoms with E-state index in [0.717, 1.165) is 24.3 Å². The van der Waals surface area contributed by atoms with Gasteiger partial charge in [0.25, 0.3) is 0 Å². The van der Waals surface area contributed by atoms with Crippen LogP contribution in [0.3, 0.4) is 0 Å². The van der Waals surface area contributed by atoms with Crippen LogP contribution in [0, 0.1) is 0 Å². The van der Waals surface area contributed by atoms with E-state index in [-0.39, 0.29) is 5.54 Å². The van der Waals surface area contributed by atoms with Gasteiger partial charge in [-0.2, -0.15) is 0 Å². The first-order valence-electron chi connectivity index (χ1n) is 5.97. The van der Waals surface area contributed by atoms with Crippen LogP contribution >= 0.6 is 22.7 Å². The van der Waals surface area contributed by atoms with Crippen molar-refractivity contribution in [3.63, 3.8) is 0 Å². The predicted octanol–water partition coefficient (Wildman–Crippen LogP) is 3.55. The van der Waals surface area contributed by atoms with Crippen molar-refractivity contribution < 1.29 is 0 Å². The van der Waals surface area contributed by atoms with Gasteiger partial charge in [-0.15, -0.1) is 22.7 Å². The third-order valence-electron chi connectivity index (χ3n) is 3.50. The van der Waals surface area contributed by atoms with E-state index in [9.17, 15) is 0 Å². The molecule has 2 aromatic heterocycles. The maximum atomic E-state index is 6.30. The lowest BCUT2D eigenvalue weighted by Gasteiger charge is -2.18. The van der Waals surface area contributed by atoms with Crippen LogP contribution in [0.5, 0.6) is 0 Å². The van der Waals surface area contributed by atoms with Crippen LogP contribution in [0.2, 0.25) is 0 Å². The molecule has 17 heavy (non-hydrogen) atoms. The molecule has 2 aromatic rings. The summed E-state index contributed by atoms with van der Waals surface area (Å²) in [5.41, 5.74) is 8.55. The van der Waals surface area contributed by atoms with Gasteiger partial charge in [-0.1, -0.05) is 6.92 Å². The van der Waals surface area contributed by atoms with Crippen molar-refractivity contribution in [1.29, 1.82) is 0 Å². The van der Waals surface area contributed by atoms with Crippen molar-refractivity contribution in [2.24, 2.45) is 5.73 Å². The Labute approximate surface area is 110 Å². The van der Waals surface area contributed by atoms with E-state index in [1.165, 1.54) is 21.0 Å². The number of nitrogens with zero attached hydrogens (tertiary/aromatic N) is 1. The molecule has 90 valence electrons. The van der Waals surface area contributed by atoms with Crippen molar-refractivity contribution in [1.82, 2.24) is 4.98 Å². The maximum absolute atomic E-state index is 6.30. The third-order valence-corrected chi connectivity index (χ3v) is 5.88. The van der Waals surface area contributed by atoms with Crippen LogP contribution in [0.15, 0.2) is 11.4 Å². The van der Waals surface area contributed by atoms with E-state index in [1.807, 2.05) is 11.3 Å². The van der Waals surface area contributed by atoms with E-state index in [0.29, 0.717) is 0 Å². The number of fused-ring (bicyclic) bond motifs is 3. The van der Waals surface area contributed by atoms with Crippen LogP contribution in [0.4, 0.5) is 0 Å². The smallest absolute Gasteiger partial charge is 0.113 e. The Morgan fingerprint density at radius 2 is 2.18 bits per heavy atom. The second-order valence-electron chi connectivity index (χ2n) is 4.82. The molecule has 2 heterocycles. The normalized spacial score (nSPS) is 17.4. The lowest BCUT2D eigenvalue weighted by atomic mass is 10.0. The van der Waals surface area contributed by atoms with Gasteiger partial charge in [0.15, 0.2) is 0 Å². The lowest BCUT2D eigenvalue weighted by Crippen LogP contribution is -2.31. The second-order valence-corrected chi connectivity index (χ2v) is 6.90. The van der Waals surface area contributed by atoms with Crippen molar-refractivity contribution in [2.75, 3.05) is 0 Å². The number of thiazole rings is 1. The molecule has 4 heteroatoms. The van der Waals surface area contributed by atoms with Gasteiger partial charge in [-0.3, -0.25) is 0 Å². The van der Waals surface area contributed by atoms with E-state index >= 15 is 0 Å². The van der Waals surface area contributed by atoms with E-state index in [1.54, 1.807) is 11.3 Å². The molecule has 0 bridgehead atoms. The largest absolute Gasteiger partial charge is 0.320 e. The van der Waals surface area contributed by atoms with Crippen molar-refractivity contribution in [2.45, 2.75) is 38.6 Å². The standard InChI is InChI=1S/C13H16N2S2/c1-3-13(2,14)12-15-11-8-6-7-16-9(8)4-5-10(11)17-12/h6-7H,3-5,14H2,1-2H3. The number of hydrogen-bond acceptors (Lipinski definition) is 4. The first kappa shape index (κ1) is 11.4. The summed E-state index contributed by atoms with van der Waals surface area (Å²) in [7, 11) is 0. The Balaban J connectivity index is 2.11. The molecule has 3 rings (SSSR count). The van der Waals surface area contributed by atoms with Crippen molar-refractivity contribution in [3.05, 3.63) is 26.2 Å². The van der Waals surface area contributed by atoms with Gasteiger partial charge in [0, 0.05) is 15.3 Å². The molecule has 2 N–H and O–H groups in total. The van der Waals surface area contributed by atoms with Crippen LogP contribution in [-0.2, 0) is 18.4 Å². The Hall–Kier alpha value is -0.710. The van der Waals surface area contributed by atoms with E-state index < -0.39 is 0 Å². The molecule has 2 nitrogen and oxygen atoms in total. The number of hydrogen-bond donors (Lipinski definition) is 1. The highest BCUT2D eigenvalue weighted by molar-refractivity contribution is 7.12. The molecule has 1 aliphatic carbocycles. The van der Waals surface area contributed by atoms with Gasteiger partial charge in [0.1, 0.15) is 5.01 Å². The lowest BCUT2D eigenvalue weighted by molar-refractivity contribution is 0.474. The van der Waals surface area contributed by atoms with Gasteiger partial charge < -0.3 is 5.73 Å². The Kier molecular flexibility index (Phi) is 2.61. The zero-order valence-corrected chi connectivity index (χ0v) is 11.8. The molecule has 0 amide bonds. The number of thiophene rings is 1. The van der Waals surface area contributed by atoms with Crippen molar-refractivity contribution >= 4 is 22.7 Å². The average molecular weight is 264 g/mol. The molecule has 0 aromatic carbocycles. The Bertz CT molecular complexity index is 552. The summed E-state index contributed by atoms with van der Waals surface area (Å²) in [5, 5.41) is 3.25. The van der Waals surface area contributed by atoms with E-state index in [2.05, 4.69) is 25.3 Å². The number of aryl methyl sites for hydroxylation is 2. The molecule has 1 atom stereocenters. The summed E-state index contributed by atoms with van der Waals surface area (Å²) in [4.78, 5) is 7.70. The molecule has 0 saturated heterocycles. The molecule has 0 aliphatic heterocycles. The summed E-state index contributed by atoms with van der Waals surface area (Å²) in [5.74, 6) is 0. The molecule has 0 saturated carbocycles. The summed E-state index contributed by atoms with van der Waals surface area (Å²) >= 11 is 3.65. The van der Waals surface area contributed by atoms with Crippen LogP contribution in [0.25, 0.3) is 11.3 Å². The van der Waals surface area contributed by atoms with Gasteiger partial charge in [0.2, 0.25) is 0 Å². The monoisotopic (exact) mass is 264 g/mol. The minimum Gasteiger partial charge on any atom is -0.320 e. The number of aromatic nitrogens is 1. The Morgan fingerprint density at radius 1 is 1.41 bits per heavy atom. The predicted molar refractivity (Wildman–Crippen MR) is 74.7 cm³/mol. The summed E-state index contributed by atoms with van der Waals surface area (Å²) in [6.45, 7) is 4.20. The van der Waals surface area contributed by atoms with Crippen LogP contribution in [0.1, 0.15) is 35.0 Å². The number of nitrogens with two attached hydrogens (primary N) is 1. The zero-order chi connectivity index (χ0) is 12.0. The highest BCUT2D eigenvalue weighted by atomic mass is 32.1. The molecule has 1 unspecified atom stereocenters. The average Bonchev–Trinajstić information content (AvgIpc) is 2.94. The quantitative estimate of drug-likeness (QED) is 0.901. The highest BCUT2D eigenvalue weighted by Crippen LogP contribution is 2.41. The summed E-state index contributed by atoms with van der Waals surface area (Å²) in [6, 6.07) is 2.20. The molecular weight excluding hydrogens is 248 g/mol. The zero-order valence-electron chi connectivity index (χ0n) is 10.1. The van der Waals surface area contributed by atoms with Crippen molar-refractivity contribution in [3.8, 4) is 11.3 Å². The topological polar surface area (TPSA) is 38.9 Å².